The van der Waals surface area contributed by atoms with Crippen LogP contribution in [0.5, 0.6) is 0 Å². The number of pyridine rings is 1. The molecule has 6 heteroatoms. The molecule has 0 spiro atoms. The van der Waals surface area contributed by atoms with Crippen molar-refractivity contribution >= 4 is 5.91 Å². The third-order valence-electron chi connectivity index (χ3n) is 6.52. The van der Waals surface area contributed by atoms with Gasteiger partial charge in [0.15, 0.2) is 0 Å². The van der Waals surface area contributed by atoms with E-state index in [0.29, 0.717) is 26.1 Å². The number of morpholine rings is 1. The molecule has 2 aromatic rings. The molecule has 2 aromatic heterocycles. The van der Waals surface area contributed by atoms with Gasteiger partial charge in [-0.3, -0.25) is 4.79 Å². The summed E-state index contributed by atoms with van der Waals surface area (Å²) in [5.74, 6) is 1.84. The topological polar surface area (TPSA) is 68.5 Å². The van der Waals surface area contributed by atoms with E-state index in [9.17, 15) is 4.79 Å². The van der Waals surface area contributed by atoms with Crippen molar-refractivity contribution in [3.05, 3.63) is 35.3 Å². The lowest BCUT2D eigenvalue weighted by Crippen LogP contribution is -2.42. The number of nitrogens with zero attached hydrogens (tertiary/aromatic N) is 3. The second-order valence-electron chi connectivity index (χ2n) is 8.61. The Morgan fingerprint density at radius 1 is 1.23 bits per heavy atom. The Morgan fingerprint density at radius 3 is 2.87 bits per heavy atom. The number of carbonyl (C=O) groups excluding carboxylic acids is 1. The van der Waals surface area contributed by atoms with Crippen molar-refractivity contribution < 1.29 is 14.1 Å². The van der Waals surface area contributed by atoms with Crippen molar-refractivity contribution in [2.24, 2.45) is 5.92 Å². The number of hydrogen-bond acceptors (Lipinski definition) is 5. The largest absolute Gasteiger partial charge is 0.368 e. The van der Waals surface area contributed by atoms with Crippen LogP contribution in [0.4, 0.5) is 0 Å². The maximum absolute atomic E-state index is 12.8. The molecular formula is C24H33N3O3. The van der Waals surface area contributed by atoms with Gasteiger partial charge in [-0.1, -0.05) is 50.3 Å². The average molecular weight is 412 g/mol. The van der Waals surface area contributed by atoms with Crippen molar-refractivity contribution in [1.82, 2.24) is 15.0 Å². The lowest BCUT2D eigenvalue weighted by atomic mass is 9.86. The van der Waals surface area contributed by atoms with Crippen LogP contribution in [0, 0.1) is 12.8 Å². The Kier molecular flexibility index (Phi) is 6.82. The highest BCUT2D eigenvalue weighted by Crippen LogP contribution is 2.30. The molecule has 30 heavy (non-hydrogen) atoms. The quantitative estimate of drug-likeness (QED) is 0.678. The molecule has 4 rings (SSSR count). The third kappa shape index (κ3) is 4.75. The molecule has 1 unspecified atom stereocenters. The number of aryl methyl sites for hydroxylation is 2. The van der Waals surface area contributed by atoms with Crippen LogP contribution in [0.1, 0.15) is 75.1 Å². The smallest absolute Gasteiger partial charge is 0.222 e. The summed E-state index contributed by atoms with van der Waals surface area (Å²) in [6.07, 6.45) is 8.85. The summed E-state index contributed by atoms with van der Waals surface area (Å²) in [7, 11) is 0. The van der Waals surface area contributed by atoms with E-state index in [1.807, 2.05) is 36.9 Å². The maximum Gasteiger partial charge on any atom is 0.222 e. The van der Waals surface area contributed by atoms with E-state index < -0.39 is 0 Å². The number of amides is 1. The van der Waals surface area contributed by atoms with Crippen LogP contribution in [-0.2, 0) is 16.0 Å². The van der Waals surface area contributed by atoms with Gasteiger partial charge in [0.2, 0.25) is 5.91 Å². The average Bonchev–Trinajstić information content (AvgIpc) is 3.19. The Morgan fingerprint density at radius 2 is 2.07 bits per heavy atom. The first-order valence-corrected chi connectivity index (χ1v) is 11.5. The van der Waals surface area contributed by atoms with Crippen LogP contribution in [-0.4, -0.2) is 40.6 Å². The highest BCUT2D eigenvalue weighted by atomic mass is 16.5. The Hall–Kier alpha value is -2.21. The van der Waals surface area contributed by atoms with Crippen molar-refractivity contribution in [2.45, 2.75) is 71.3 Å². The fraction of sp³-hybridized carbons (Fsp3) is 0.625. The van der Waals surface area contributed by atoms with E-state index in [2.05, 4.69) is 5.16 Å². The number of hydrogen-bond donors (Lipinski definition) is 0. The first kappa shape index (κ1) is 21.0. The zero-order chi connectivity index (χ0) is 20.9. The van der Waals surface area contributed by atoms with E-state index in [1.165, 1.54) is 32.1 Å². The molecule has 1 aliphatic heterocycles. The van der Waals surface area contributed by atoms with Gasteiger partial charge in [-0.15, -0.1) is 0 Å². The minimum Gasteiger partial charge on any atom is -0.368 e. The first-order chi connectivity index (χ1) is 14.7. The molecular weight excluding hydrogens is 378 g/mol. The molecule has 1 saturated heterocycles. The van der Waals surface area contributed by atoms with Crippen LogP contribution >= 0.6 is 0 Å². The van der Waals surface area contributed by atoms with Crippen molar-refractivity contribution in [3.63, 3.8) is 0 Å². The first-order valence-electron chi connectivity index (χ1n) is 11.5. The van der Waals surface area contributed by atoms with Gasteiger partial charge in [-0.05, 0) is 31.4 Å². The van der Waals surface area contributed by atoms with E-state index in [4.69, 9.17) is 14.2 Å². The monoisotopic (exact) mass is 411 g/mol. The maximum atomic E-state index is 12.8. The summed E-state index contributed by atoms with van der Waals surface area (Å²) in [6.45, 7) is 5.79. The standard InChI is InChI=1S/C24H33N3O3/c1-3-21-24(17(2)26-30-21)20-11-7-10-19(25-20)22-16-27(14-15-29-22)23(28)13-12-18-8-5-4-6-9-18/h7,10-11,18,22H,3-6,8-9,12-16H2,1-2H3. The van der Waals surface area contributed by atoms with Crippen LogP contribution in [0.15, 0.2) is 22.7 Å². The molecule has 2 fully saturated rings. The van der Waals surface area contributed by atoms with Crippen molar-refractivity contribution in [3.8, 4) is 11.3 Å². The van der Waals surface area contributed by atoms with Gasteiger partial charge in [0.1, 0.15) is 11.9 Å². The van der Waals surface area contributed by atoms with Crippen LogP contribution in [0.2, 0.25) is 0 Å². The van der Waals surface area contributed by atoms with E-state index >= 15 is 0 Å². The van der Waals surface area contributed by atoms with Gasteiger partial charge in [0, 0.05) is 19.4 Å². The summed E-state index contributed by atoms with van der Waals surface area (Å²) >= 11 is 0. The molecule has 1 atom stereocenters. The van der Waals surface area contributed by atoms with Gasteiger partial charge in [0.25, 0.3) is 0 Å². The van der Waals surface area contributed by atoms with Gasteiger partial charge < -0.3 is 14.2 Å². The minimum atomic E-state index is -0.192. The molecule has 1 saturated carbocycles. The fourth-order valence-corrected chi connectivity index (χ4v) is 4.77. The molecule has 162 valence electrons. The lowest BCUT2D eigenvalue weighted by molar-refractivity contribution is -0.139. The van der Waals surface area contributed by atoms with Gasteiger partial charge in [-0.25, -0.2) is 4.98 Å². The Labute approximate surface area is 179 Å². The second-order valence-corrected chi connectivity index (χ2v) is 8.61. The van der Waals surface area contributed by atoms with Gasteiger partial charge >= 0.3 is 0 Å². The van der Waals surface area contributed by atoms with Gasteiger partial charge in [-0.2, -0.15) is 0 Å². The predicted octanol–water partition coefficient (Wildman–Crippen LogP) is 4.87. The second kappa shape index (κ2) is 9.73. The predicted molar refractivity (Wildman–Crippen MR) is 115 cm³/mol. The molecule has 1 aliphatic carbocycles. The normalized spacial score (nSPS) is 20.5. The van der Waals surface area contributed by atoms with Crippen LogP contribution in [0.25, 0.3) is 11.3 Å². The Bertz CT molecular complexity index is 857. The van der Waals surface area contributed by atoms with E-state index in [0.717, 1.165) is 47.2 Å². The molecule has 0 radical (unpaired) electrons. The summed E-state index contributed by atoms with van der Waals surface area (Å²) < 4.78 is 11.4. The molecule has 0 bridgehead atoms. The van der Waals surface area contributed by atoms with Crippen LogP contribution in [0.3, 0.4) is 0 Å². The summed E-state index contributed by atoms with van der Waals surface area (Å²) in [4.78, 5) is 19.7. The lowest BCUT2D eigenvalue weighted by Gasteiger charge is -2.33. The van der Waals surface area contributed by atoms with Gasteiger partial charge in [0.05, 0.1) is 35.8 Å². The van der Waals surface area contributed by atoms with E-state index in [-0.39, 0.29) is 12.0 Å². The fourth-order valence-electron chi connectivity index (χ4n) is 4.77. The number of carbonyl (C=O) groups is 1. The van der Waals surface area contributed by atoms with Crippen molar-refractivity contribution in [2.75, 3.05) is 19.7 Å². The highest BCUT2D eigenvalue weighted by Gasteiger charge is 2.27. The number of rotatable bonds is 6. The van der Waals surface area contributed by atoms with Crippen LogP contribution < -0.4 is 0 Å². The molecule has 1 amide bonds. The number of aromatic nitrogens is 2. The van der Waals surface area contributed by atoms with Crippen molar-refractivity contribution in [1.29, 1.82) is 0 Å². The Balaban J connectivity index is 1.42. The zero-order valence-corrected chi connectivity index (χ0v) is 18.2. The zero-order valence-electron chi connectivity index (χ0n) is 18.2. The highest BCUT2D eigenvalue weighted by molar-refractivity contribution is 5.76. The SMILES string of the molecule is CCc1onc(C)c1-c1cccc(C2CN(C(=O)CCC3CCCCC3)CCO2)n1. The molecule has 2 aliphatic rings. The molecule has 3 heterocycles. The molecule has 0 aromatic carbocycles. The summed E-state index contributed by atoms with van der Waals surface area (Å²) in [6, 6.07) is 5.97. The number of ether oxygens (including phenoxy) is 1. The summed E-state index contributed by atoms with van der Waals surface area (Å²) in [5, 5.41) is 4.10. The van der Waals surface area contributed by atoms with E-state index in [1.54, 1.807) is 0 Å². The molecule has 0 N–H and O–H groups in total. The minimum absolute atomic E-state index is 0.192. The third-order valence-corrected chi connectivity index (χ3v) is 6.52. The molecule has 6 nitrogen and oxygen atoms in total. The summed E-state index contributed by atoms with van der Waals surface area (Å²) in [5.41, 5.74) is 3.53.